The average Bonchev–Trinajstić information content (AvgIpc) is 0.752. The SMILES string of the molecule is COc1cccc2c1C(=O)c1c(O)c3c(c(O)c1C2=O)C[C@@](O)(C(=O)COC(=O)N(C)CCN(C)C(=O)OCc1ccc(NC(=O)[C@H](CCCNC(N)=O)CC(=O)[C@@H](NC(=O)CCOCCOCCOCCOCCNC(=O)CCC(=O)N2Cc4ccccc4C#Cc4ccccc42)C(C)C)cc1)C[C@@H]3OC1C[C@H]2[C@H](O[C@@H]3C(OC)OCCN32)[C@H](C)O1. The highest BCUT2D eigenvalue weighted by molar-refractivity contribution is 6.31. The first-order valence-electron chi connectivity index (χ1n) is 40.7. The lowest BCUT2D eigenvalue weighted by Crippen LogP contribution is -2.55. The van der Waals surface area contributed by atoms with Crippen molar-refractivity contribution < 1.29 is 125 Å². The number of amides is 8. The van der Waals surface area contributed by atoms with E-state index >= 15 is 0 Å². The number of aliphatic hydroxyl groups is 1. The molecule has 3 saturated heterocycles. The summed E-state index contributed by atoms with van der Waals surface area (Å²) < 4.78 is 69.4. The van der Waals surface area contributed by atoms with Crippen molar-refractivity contribution in [2.75, 3.05) is 137 Å². The molecule has 656 valence electrons. The fourth-order valence-electron chi connectivity index (χ4n) is 15.5. The number of urea groups is 1. The van der Waals surface area contributed by atoms with E-state index in [4.69, 9.17) is 62.6 Å². The second kappa shape index (κ2) is 43.2. The molecule has 0 spiro atoms. The maximum Gasteiger partial charge on any atom is 0.409 e. The summed E-state index contributed by atoms with van der Waals surface area (Å²) in [7, 11) is 5.58. The zero-order valence-electron chi connectivity index (χ0n) is 69.4. The van der Waals surface area contributed by atoms with Gasteiger partial charge >= 0.3 is 18.2 Å². The van der Waals surface area contributed by atoms with Crippen LogP contribution < -0.4 is 36.6 Å². The fraction of sp³-hybridized carbons (Fsp3) is 0.506. The molecular weight excluding hydrogens is 1590 g/mol. The number of phenols is 2. The van der Waals surface area contributed by atoms with Crippen LogP contribution in [-0.2, 0) is 100 Å². The summed E-state index contributed by atoms with van der Waals surface area (Å²) in [4.78, 5) is 154. The van der Waals surface area contributed by atoms with Gasteiger partial charge in [-0.15, -0.1) is 0 Å². The molecule has 2 unspecified atom stereocenters. The van der Waals surface area contributed by atoms with Gasteiger partial charge in [-0.3, -0.25) is 43.3 Å². The molecule has 4 aliphatic heterocycles. The number of nitrogens with two attached hydrogens (primary N) is 1. The zero-order valence-corrected chi connectivity index (χ0v) is 69.4. The first-order chi connectivity index (χ1) is 58.7. The second-order valence-electron chi connectivity index (χ2n) is 30.8. The highest BCUT2D eigenvalue weighted by atomic mass is 16.7. The number of nitrogens with zero attached hydrogens (tertiary/aromatic N) is 4. The smallest absolute Gasteiger partial charge is 0.409 e. The molecule has 3 fully saturated rings. The Bertz CT molecular complexity index is 4690. The number of carbonyl (C=O) groups is 11. The third-order valence-corrected chi connectivity index (χ3v) is 22.1. The normalized spacial score (nSPS) is 20.4. The van der Waals surface area contributed by atoms with E-state index in [2.05, 4.69) is 38.0 Å². The molecule has 5 aromatic carbocycles. The van der Waals surface area contributed by atoms with Crippen LogP contribution in [0.5, 0.6) is 17.2 Å². The number of ether oxygens (including phenoxy) is 12. The Kier molecular flexibility index (Phi) is 32.4. The summed E-state index contributed by atoms with van der Waals surface area (Å²) in [6.45, 7) is 7.29. The quantitative estimate of drug-likeness (QED) is 0.0134. The van der Waals surface area contributed by atoms with Crippen LogP contribution in [0.25, 0.3) is 0 Å². The number of likely N-dealkylation sites (N-methyl/N-ethyl adjacent to an activating group) is 2. The highest BCUT2D eigenvalue weighted by Crippen LogP contribution is 2.53. The molecule has 0 bridgehead atoms. The van der Waals surface area contributed by atoms with Gasteiger partial charge in [0.05, 0.1) is 114 Å². The van der Waals surface area contributed by atoms with Crippen molar-refractivity contribution in [3.05, 3.63) is 147 Å². The van der Waals surface area contributed by atoms with Gasteiger partial charge in [-0.05, 0) is 73.2 Å². The third kappa shape index (κ3) is 23.0. The van der Waals surface area contributed by atoms with Gasteiger partial charge in [-0.1, -0.05) is 80.3 Å². The van der Waals surface area contributed by atoms with E-state index in [0.717, 1.165) is 21.6 Å². The number of nitrogens with one attached hydrogen (secondary N) is 4. The van der Waals surface area contributed by atoms with Crippen LogP contribution in [0.2, 0.25) is 0 Å². The van der Waals surface area contributed by atoms with E-state index in [1.165, 1.54) is 51.4 Å². The van der Waals surface area contributed by atoms with Gasteiger partial charge in [0.1, 0.15) is 35.6 Å². The number of rotatable bonds is 41. The number of benzene rings is 5. The first-order valence-corrected chi connectivity index (χ1v) is 40.7. The van der Waals surface area contributed by atoms with Crippen molar-refractivity contribution in [1.82, 2.24) is 30.7 Å². The molecule has 0 saturated carbocycles. The number of phenolic OH excluding ortho intramolecular Hbond substituents is 2. The van der Waals surface area contributed by atoms with Crippen molar-refractivity contribution in [2.45, 2.75) is 147 Å². The molecule has 6 aliphatic rings. The third-order valence-electron chi connectivity index (χ3n) is 22.1. The van der Waals surface area contributed by atoms with E-state index in [0.29, 0.717) is 43.2 Å². The molecule has 8 amide bonds. The lowest BCUT2D eigenvalue weighted by atomic mass is 9.72. The Morgan fingerprint density at radius 3 is 2.08 bits per heavy atom. The molecular formula is C87H107N9O26. The summed E-state index contributed by atoms with van der Waals surface area (Å²) in [5, 5.41) is 47.7. The van der Waals surface area contributed by atoms with Crippen molar-refractivity contribution in [3.63, 3.8) is 0 Å². The number of Topliss-reactive ketones (excluding diaryl/α,β-unsaturated/α-hetero) is 2. The van der Waals surface area contributed by atoms with Crippen molar-refractivity contribution in [1.29, 1.82) is 0 Å². The Hall–Kier alpha value is -11.0. The number of morpholine rings is 1. The van der Waals surface area contributed by atoms with Crippen LogP contribution in [0.15, 0.2) is 91.0 Å². The molecule has 35 nitrogen and oxygen atoms in total. The number of para-hydroxylation sites is 1. The Morgan fingerprint density at radius 1 is 0.721 bits per heavy atom. The lowest BCUT2D eigenvalue weighted by Gasteiger charge is -2.43. The minimum absolute atomic E-state index is 0.0178. The summed E-state index contributed by atoms with van der Waals surface area (Å²) in [6, 6.07) is 23.8. The van der Waals surface area contributed by atoms with Crippen LogP contribution in [0, 0.1) is 23.7 Å². The number of anilines is 2. The molecule has 5 aromatic rings. The highest BCUT2D eigenvalue weighted by Gasteiger charge is 2.56. The maximum absolute atomic E-state index is 14.4. The minimum Gasteiger partial charge on any atom is -0.507 e. The van der Waals surface area contributed by atoms with Crippen molar-refractivity contribution in [2.24, 2.45) is 17.6 Å². The summed E-state index contributed by atoms with van der Waals surface area (Å²) >= 11 is 0. The Morgan fingerprint density at radius 2 is 1.39 bits per heavy atom. The van der Waals surface area contributed by atoms with Gasteiger partial charge in [0.2, 0.25) is 35.2 Å². The topological polar surface area (TPSA) is 446 Å². The fourth-order valence-corrected chi connectivity index (χ4v) is 15.5. The molecule has 0 radical (unpaired) electrons. The first kappa shape index (κ1) is 91.7. The van der Waals surface area contributed by atoms with E-state index in [1.54, 1.807) is 49.9 Å². The van der Waals surface area contributed by atoms with E-state index in [1.807, 2.05) is 48.5 Å². The monoisotopic (exact) mass is 1690 g/mol. The van der Waals surface area contributed by atoms with E-state index in [-0.39, 0.29) is 182 Å². The Balaban J connectivity index is 0.573. The second-order valence-corrected chi connectivity index (χ2v) is 30.8. The van der Waals surface area contributed by atoms with Crippen LogP contribution in [0.1, 0.15) is 143 Å². The number of hydrogen-bond acceptors (Lipinski definition) is 27. The minimum atomic E-state index is -2.49. The molecule has 0 aromatic heterocycles. The zero-order chi connectivity index (χ0) is 87.3. The van der Waals surface area contributed by atoms with Gasteiger partial charge < -0.3 is 114 Å². The van der Waals surface area contributed by atoms with Crippen LogP contribution >= 0.6 is 0 Å². The number of hydrogen-bond donors (Lipinski definition) is 8. The largest absolute Gasteiger partial charge is 0.507 e. The summed E-state index contributed by atoms with van der Waals surface area (Å²) in [6.07, 6.45) is -7.68. The van der Waals surface area contributed by atoms with Gasteiger partial charge in [-0.2, -0.15) is 0 Å². The molecule has 10 atom stereocenters. The van der Waals surface area contributed by atoms with Gasteiger partial charge in [-0.25, -0.2) is 14.4 Å². The number of ketones is 4. The summed E-state index contributed by atoms with van der Waals surface area (Å²) in [5.41, 5.74) is 5.08. The predicted octanol–water partition coefficient (Wildman–Crippen LogP) is 5.46. The van der Waals surface area contributed by atoms with Gasteiger partial charge in [0, 0.05) is 144 Å². The number of aromatic hydroxyl groups is 2. The Labute approximate surface area is 706 Å². The van der Waals surface area contributed by atoms with E-state index < -0.39 is 144 Å². The molecule has 122 heavy (non-hydrogen) atoms. The molecule has 9 N–H and O–H groups in total. The standard InChI is InChI=1S/C87H107N9O26/c1-51(2)75(92-68(100)29-35-113-38-40-115-42-43-116-41-39-114-36-31-89-67(99)27-28-69(101)96-48-57-16-9-8-14-54(57)23-24-55-15-10-11-19-61(55)96)63(97)44-56(17-13-30-90-84(88)107)81(106)91-58-25-21-53(22-26-58)49-118-85(108)93(4)32-33-94(5)86(109)119-50-66(98)87(110)46-60-72(79(105)74-73(77(60)103)76(102)59-18-12-20-64(111-6)71(59)78(74)104)65(47-87)121-70-45-62-80(52(3)120-70)122-82-83(112-7)117-37-34-95(62)82/h8-12,14-16,18-22,25-26,51-52,56,62,65,70,75,80,82-83,103,105,110H,13,17,27-50H2,1-7H3,(H,89,99)(H,91,106)(H,92,100)(H3,88,90,107)/t52-,56+,62-,65-,70?,75-,80+,82+,83?,87-/m0/s1. The van der Waals surface area contributed by atoms with Crippen LogP contribution in [0.3, 0.4) is 0 Å². The number of methoxy groups -OCH3 is 2. The molecule has 4 heterocycles. The van der Waals surface area contributed by atoms with Gasteiger partial charge in [0.15, 0.2) is 37.0 Å². The van der Waals surface area contributed by atoms with Crippen molar-refractivity contribution in [3.8, 4) is 29.1 Å². The molecule has 11 rings (SSSR count). The number of fused-ring (bicyclic) bond motifs is 8. The average molecular weight is 1690 g/mol. The van der Waals surface area contributed by atoms with E-state index in [9.17, 15) is 68.1 Å². The number of carbonyl (C=O) groups excluding carboxylic acids is 11. The number of primary amides is 1. The van der Waals surface area contributed by atoms with Crippen LogP contribution in [0.4, 0.5) is 25.8 Å². The van der Waals surface area contributed by atoms with Crippen molar-refractivity contribution >= 4 is 76.4 Å². The lowest BCUT2D eigenvalue weighted by molar-refractivity contribution is -0.256. The maximum atomic E-state index is 14.4. The van der Waals surface area contributed by atoms with Gasteiger partial charge in [0.25, 0.3) is 0 Å². The van der Waals surface area contributed by atoms with Crippen LogP contribution in [-0.4, -0.2) is 271 Å². The predicted molar refractivity (Wildman–Crippen MR) is 435 cm³/mol. The molecule has 35 heteroatoms. The summed E-state index contributed by atoms with van der Waals surface area (Å²) in [5.74, 6) is -0.845. The molecule has 2 aliphatic carbocycles.